The summed E-state index contributed by atoms with van der Waals surface area (Å²) in [7, 11) is 0. The Hall–Kier alpha value is -1.35. The van der Waals surface area contributed by atoms with Crippen molar-refractivity contribution in [3.8, 4) is 0 Å². The van der Waals surface area contributed by atoms with E-state index >= 15 is 0 Å². The van der Waals surface area contributed by atoms with Crippen LogP contribution in [-0.2, 0) is 6.61 Å². The van der Waals surface area contributed by atoms with Gasteiger partial charge in [-0.3, -0.25) is 4.79 Å². The number of carbonyl (C=O) groups excluding carboxylic acids is 1. The maximum absolute atomic E-state index is 10.8. The molecule has 1 aromatic carbocycles. The normalized spacial score (nSPS) is 9.83. The van der Waals surface area contributed by atoms with Crippen LogP contribution in [0.2, 0.25) is 0 Å². The number of aryl methyl sites for hydroxylation is 1. The average Bonchev–Trinajstić information content (AvgIpc) is 2.03. The minimum Gasteiger partial charge on any atom is -0.392 e. The number of primary amides is 1. The molecule has 64 valence electrons. The average molecular weight is 165 g/mol. The number of carbonyl (C=O) groups is 1. The molecule has 1 aromatic rings. The van der Waals surface area contributed by atoms with Crippen molar-refractivity contribution in [3.63, 3.8) is 0 Å². The fraction of sp³-hybridized carbons (Fsp3) is 0.222. The van der Waals surface area contributed by atoms with Gasteiger partial charge < -0.3 is 10.8 Å². The molecule has 3 N–H and O–H groups in total. The van der Waals surface area contributed by atoms with E-state index in [1.807, 2.05) is 6.92 Å². The van der Waals surface area contributed by atoms with Gasteiger partial charge in [-0.25, -0.2) is 0 Å². The Bertz CT molecular complexity index is 307. The number of hydrogen-bond acceptors (Lipinski definition) is 2. The molecule has 0 heterocycles. The summed E-state index contributed by atoms with van der Waals surface area (Å²) in [5.74, 6) is -0.501. The van der Waals surface area contributed by atoms with E-state index in [0.29, 0.717) is 11.1 Å². The third kappa shape index (κ3) is 1.62. The fourth-order valence-electron chi connectivity index (χ4n) is 1.09. The van der Waals surface area contributed by atoms with E-state index in [9.17, 15) is 4.79 Å². The highest BCUT2D eigenvalue weighted by Crippen LogP contribution is 2.10. The van der Waals surface area contributed by atoms with Crippen molar-refractivity contribution in [1.29, 1.82) is 0 Å². The number of aliphatic hydroxyl groups is 1. The van der Waals surface area contributed by atoms with Crippen molar-refractivity contribution in [2.75, 3.05) is 0 Å². The molecule has 0 atom stereocenters. The van der Waals surface area contributed by atoms with Gasteiger partial charge in [0.15, 0.2) is 0 Å². The zero-order valence-electron chi connectivity index (χ0n) is 6.87. The summed E-state index contributed by atoms with van der Waals surface area (Å²) in [5, 5.41) is 8.88. The minimum absolute atomic E-state index is 0.153. The molecule has 0 bridgehead atoms. The second-order valence-corrected chi connectivity index (χ2v) is 2.68. The highest BCUT2D eigenvalue weighted by molar-refractivity contribution is 5.94. The van der Waals surface area contributed by atoms with Crippen LogP contribution in [0.25, 0.3) is 0 Å². The predicted octanol–water partition coefficient (Wildman–Crippen LogP) is 0.586. The van der Waals surface area contributed by atoms with Crippen molar-refractivity contribution >= 4 is 5.91 Å². The Balaban J connectivity index is 3.20. The van der Waals surface area contributed by atoms with Crippen LogP contribution < -0.4 is 5.73 Å². The first-order valence-corrected chi connectivity index (χ1v) is 3.65. The van der Waals surface area contributed by atoms with Crippen LogP contribution in [0.1, 0.15) is 21.5 Å². The first-order valence-electron chi connectivity index (χ1n) is 3.65. The quantitative estimate of drug-likeness (QED) is 0.673. The Morgan fingerprint density at radius 2 is 2.25 bits per heavy atom. The van der Waals surface area contributed by atoms with Crippen molar-refractivity contribution in [3.05, 3.63) is 34.9 Å². The van der Waals surface area contributed by atoms with Crippen molar-refractivity contribution in [2.24, 2.45) is 5.73 Å². The van der Waals surface area contributed by atoms with Gasteiger partial charge >= 0.3 is 0 Å². The molecule has 0 fully saturated rings. The van der Waals surface area contributed by atoms with Gasteiger partial charge in [0.1, 0.15) is 0 Å². The molecule has 0 aliphatic rings. The Kier molecular flexibility index (Phi) is 2.45. The lowest BCUT2D eigenvalue weighted by atomic mass is 10.0. The van der Waals surface area contributed by atoms with Gasteiger partial charge in [-0.05, 0) is 18.6 Å². The molecule has 0 aliphatic heterocycles. The summed E-state index contributed by atoms with van der Waals surface area (Å²) in [6.45, 7) is 1.74. The predicted molar refractivity (Wildman–Crippen MR) is 45.6 cm³/mol. The smallest absolute Gasteiger partial charge is 0.249 e. The van der Waals surface area contributed by atoms with Crippen molar-refractivity contribution < 1.29 is 9.90 Å². The SMILES string of the molecule is Cc1ccc(C(N)=O)c(CO)c1. The number of benzene rings is 1. The number of rotatable bonds is 2. The molecular formula is C9H11NO2. The van der Waals surface area contributed by atoms with Gasteiger partial charge in [-0.1, -0.05) is 17.7 Å². The highest BCUT2D eigenvalue weighted by Gasteiger charge is 2.06. The molecule has 0 spiro atoms. The molecule has 1 amide bonds. The van der Waals surface area contributed by atoms with E-state index in [-0.39, 0.29) is 6.61 Å². The summed E-state index contributed by atoms with van der Waals surface area (Å²) in [6, 6.07) is 5.17. The number of amides is 1. The number of hydrogen-bond donors (Lipinski definition) is 2. The van der Waals surface area contributed by atoms with Crippen LogP contribution in [0.15, 0.2) is 18.2 Å². The zero-order chi connectivity index (χ0) is 9.14. The lowest BCUT2D eigenvalue weighted by Crippen LogP contribution is -2.13. The summed E-state index contributed by atoms with van der Waals surface area (Å²) in [6.07, 6.45) is 0. The summed E-state index contributed by atoms with van der Waals surface area (Å²) < 4.78 is 0. The summed E-state index contributed by atoms with van der Waals surface area (Å²) >= 11 is 0. The van der Waals surface area contributed by atoms with Crippen molar-refractivity contribution in [2.45, 2.75) is 13.5 Å². The van der Waals surface area contributed by atoms with E-state index < -0.39 is 5.91 Å². The molecule has 0 saturated heterocycles. The lowest BCUT2D eigenvalue weighted by molar-refractivity contribution is 0.0997. The lowest BCUT2D eigenvalue weighted by Gasteiger charge is -2.03. The maximum Gasteiger partial charge on any atom is 0.249 e. The molecule has 1 rings (SSSR count). The first kappa shape index (κ1) is 8.74. The van der Waals surface area contributed by atoms with E-state index in [2.05, 4.69) is 0 Å². The monoisotopic (exact) mass is 165 g/mol. The molecule has 0 saturated carbocycles. The van der Waals surface area contributed by atoms with Crippen LogP contribution in [0.4, 0.5) is 0 Å². The zero-order valence-corrected chi connectivity index (χ0v) is 6.87. The van der Waals surface area contributed by atoms with Gasteiger partial charge in [-0.15, -0.1) is 0 Å². The third-order valence-corrected chi connectivity index (χ3v) is 1.70. The molecule has 0 aromatic heterocycles. The van der Waals surface area contributed by atoms with Crippen LogP contribution >= 0.6 is 0 Å². The van der Waals surface area contributed by atoms with Crippen LogP contribution in [0, 0.1) is 6.92 Å². The minimum atomic E-state index is -0.501. The Morgan fingerprint density at radius 3 is 2.75 bits per heavy atom. The van der Waals surface area contributed by atoms with Crippen LogP contribution in [-0.4, -0.2) is 11.0 Å². The largest absolute Gasteiger partial charge is 0.392 e. The van der Waals surface area contributed by atoms with Crippen molar-refractivity contribution in [1.82, 2.24) is 0 Å². The van der Waals surface area contributed by atoms with Gasteiger partial charge in [0.05, 0.1) is 6.61 Å². The summed E-state index contributed by atoms with van der Waals surface area (Å²) in [4.78, 5) is 10.8. The Labute approximate surface area is 70.8 Å². The molecule has 3 nitrogen and oxygen atoms in total. The third-order valence-electron chi connectivity index (χ3n) is 1.70. The number of aliphatic hydroxyl groups excluding tert-OH is 1. The summed E-state index contributed by atoms with van der Waals surface area (Å²) in [5.41, 5.74) is 7.07. The van der Waals surface area contributed by atoms with Gasteiger partial charge in [0.2, 0.25) is 5.91 Å². The Morgan fingerprint density at radius 1 is 1.58 bits per heavy atom. The molecule has 0 unspecified atom stereocenters. The van der Waals surface area contributed by atoms with Gasteiger partial charge in [0, 0.05) is 5.56 Å². The molecule has 3 heteroatoms. The van der Waals surface area contributed by atoms with Gasteiger partial charge in [0.25, 0.3) is 0 Å². The van der Waals surface area contributed by atoms with E-state index in [1.54, 1.807) is 18.2 Å². The molecular weight excluding hydrogens is 154 g/mol. The highest BCUT2D eigenvalue weighted by atomic mass is 16.3. The standard InChI is InChI=1S/C9H11NO2/c1-6-2-3-8(9(10)12)7(4-6)5-11/h2-4,11H,5H2,1H3,(H2,10,12). The van der Waals surface area contributed by atoms with Gasteiger partial charge in [-0.2, -0.15) is 0 Å². The van der Waals surface area contributed by atoms with E-state index in [0.717, 1.165) is 5.56 Å². The molecule has 0 radical (unpaired) electrons. The second-order valence-electron chi connectivity index (χ2n) is 2.68. The van der Waals surface area contributed by atoms with E-state index in [4.69, 9.17) is 10.8 Å². The number of nitrogens with two attached hydrogens (primary N) is 1. The maximum atomic E-state index is 10.8. The first-order chi connectivity index (χ1) is 5.65. The molecule has 12 heavy (non-hydrogen) atoms. The van der Waals surface area contributed by atoms with Crippen LogP contribution in [0.5, 0.6) is 0 Å². The second kappa shape index (κ2) is 3.36. The van der Waals surface area contributed by atoms with E-state index in [1.165, 1.54) is 0 Å². The fourth-order valence-corrected chi connectivity index (χ4v) is 1.09. The molecule has 0 aliphatic carbocycles. The topological polar surface area (TPSA) is 63.3 Å². The van der Waals surface area contributed by atoms with Crippen LogP contribution in [0.3, 0.4) is 0 Å².